The van der Waals surface area contributed by atoms with Crippen LogP contribution in [0.2, 0.25) is 0 Å². The molecule has 1 aliphatic heterocycles. The van der Waals surface area contributed by atoms with Crippen molar-refractivity contribution in [2.24, 2.45) is 0 Å². The van der Waals surface area contributed by atoms with Gasteiger partial charge in [0.15, 0.2) is 5.13 Å². The molecule has 24 heavy (non-hydrogen) atoms. The van der Waals surface area contributed by atoms with Crippen LogP contribution in [0, 0.1) is 0 Å². The summed E-state index contributed by atoms with van der Waals surface area (Å²) in [7, 11) is 0. The first kappa shape index (κ1) is 16.9. The highest BCUT2D eigenvalue weighted by atomic mass is 32.1. The summed E-state index contributed by atoms with van der Waals surface area (Å²) < 4.78 is 5.48. The van der Waals surface area contributed by atoms with Crippen molar-refractivity contribution < 1.29 is 24.9 Å². The molecular formula is C15H17N3O5S. The van der Waals surface area contributed by atoms with Gasteiger partial charge in [0, 0.05) is 24.4 Å². The maximum atomic E-state index is 12.3. The number of carbonyl (C=O) groups is 1. The fourth-order valence-electron chi connectivity index (χ4n) is 2.43. The molecule has 2 aromatic rings. The molecule has 8 nitrogen and oxygen atoms in total. The van der Waals surface area contributed by atoms with Gasteiger partial charge in [0.25, 0.3) is 0 Å². The molecule has 2 aromatic heterocycles. The molecule has 9 heteroatoms. The molecule has 0 aliphatic carbocycles. The Morgan fingerprint density at radius 2 is 2.12 bits per heavy atom. The Bertz CT molecular complexity index is 695. The van der Waals surface area contributed by atoms with Crippen LogP contribution >= 0.6 is 11.3 Å². The number of aliphatic hydroxyl groups is 3. The normalized spacial score (nSPS) is 27.0. The smallest absolute Gasteiger partial charge is 0.204 e. The number of carbonyl (C=O) groups excluding carboxylic acids is 1. The Morgan fingerprint density at radius 3 is 2.83 bits per heavy atom. The summed E-state index contributed by atoms with van der Waals surface area (Å²) in [5, 5.41) is 32.1. The lowest BCUT2D eigenvalue weighted by Crippen LogP contribution is -2.51. The topological polar surface area (TPSA) is 125 Å². The monoisotopic (exact) mass is 351 g/mol. The molecule has 0 spiro atoms. The molecule has 0 saturated carbocycles. The van der Waals surface area contributed by atoms with Gasteiger partial charge in [-0.05, 0) is 12.1 Å². The largest absolute Gasteiger partial charge is 0.394 e. The molecule has 4 atom stereocenters. The van der Waals surface area contributed by atoms with E-state index in [0.717, 1.165) is 11.3 Å². The Morgan fingerprint density at radius 1 is 1.38 bits per heavy atom. The van der Waals surface area contributed by atoms with Gasteiger partial charge in [-0.1, -0.05) is 11.3 Å². The van der Waals surface area contributed by atoms with Gasteiger partial charge in [-0.3, -0.25) is 9.78 Å². The minimum Gasteiger partial charge on any atom is -0.394 e. The van der Waals surface area contributed by atoms with Gasteiger partial charge >= 0.3 is 0 Å². The summed E-state index contributed by atoms with van der Waals surface area (Å²) >= 11 is 1.16. The zero-order valence-corrected chi connectivity index (χ0v) is 13.4. The Kier molecular flexibility index (Phi) is 5.17. The van der Waals surface area contributed by atoms with Crippen LogP contribution in [-0.2, 0) is 4.74 Å². The van der Waals surface area contributed by atoms with Gasteiger partial charge < -0.3 is 25.4 Å². The summed E-state index contributed by atoms with van der Waals surface area (Å²) in [5.41, 5.74) is 0.521. The van der Waals surface area contributed by atoms with Crippen molar-refractivity contribution in [2.75, 3.05) is 11.9 Å². The predicted molar refractivity (Wildman–Crippen MR) is 85.8 cm³/mol. The van der Waals surface area contributed by atoms with Gasteiger partial charge in [0.05, 0.1) is 23.8 Å². The van der Waals surface area contributed by atoms with E-state index in [2.05, 4.69) is 15.3 Å². The molecule has 0 radical (unpaired) electrons. The maximum Gasteiger partial charge on any atom is 0.204 e. The first-order valence-electron chi connectivity index (χ1n) is 7.38. The number of rotatable bonds is 5. The van der Waals surface area contributed by atoms with Gasteiger partial charge in [-0.15, -0.1) is 0 Å². The highest BCUT2D eigenvalue weighted by Crippen LogP contribution is 2.26. The van der Waals surface area contributed by atoms with E-state index in [4.69, 9.17) is 4.74 Å². The number of ether oxygens (including phenoxy) is 1. The van der Waals surface area contributed by atoms with Gasteiger partial charge in [0.2, 0.25) is 5.78 Å². The molecule has 0 bridgehead atoms. The van der Waals surface area contributed by atoms with Crippen LogP contribution in [0.5, 0.6) is 0 Å². The quantitative estimate of drug-likeness (QED) is 0.555. The van der Waals surface area contributed by atoms with Crippen LogP contribution < -0.4 is 5.32 Å². The predicted octanol–water partition coefficient (Wildman–Crippen LogP) is 0.0101. The second-order valence-corrected chi connectivity index (χ2v) is 6.41. The third-order valence-electron chi connectivity index (χ3n) is 3.71. The van der Waals surface area contributed by atoms with Crippen molar-refractivity contribution in [3.05, 3.63) is 41.2 Å². The number of pyridine rings is 1. The van der Waals surface area contributed by atoms with E-state index in [0.29, 0.717) is 15.6 Å². The summed E-state index contributed by atoms with van der Waals surface area (Å²) in [6, 6.07) is 3.26. The number of aliphatic hydroxyl groups excluding tert-OH is 3. The number of nitrogens with zero attached hydrogens (tertiary/aromatic N) is 2. The van der Waals surface area contributed by atoms with Crippen molar-refractivity contribution in [1.82, 2.24) is 9.97 Å². The van der Waals surface area contributed by atoms with Crippen LogP contribution in [0.15, 0.2) is 30.7 Å². The Hall–Kier alpha value is -1.91. The molecule has 3 rings (SSSR count). The molecule has 1 fully saturated rings. The molecule has 2 unspecified atom stereocenters. The summed E-state index contributed by atoms with van der Waals surface area (Å²) in [6.45, 7) is -0.403. The van der Waals surface area contributed by atoms with Crippen LogP contribution in [-0.4, -0.2) is 62.2 Å². The molecule has 1 saturated heterocycles. The van der Waals surface area contributed by atoms with E-state index >= 15 is 0 Å². The Balaban J connectivity index is 1.67. The molecule has 128 valence electrons. The lowest BCUT2D eigenvalue weighted by molar-refractivity contribution is -0.172. The zero-order valence-electron chi connectivity index (χ0n) is 12.6. The van der Waals surface area contributed by atoms with Gasteiger partial charge in [0.1, 0.15) is 18.4 Å². The minimum atomic E-state index is -1.13. The number of aromatic nitrogens is 2. The summed E-state index contributed by atoms with van der Waals surface area (Å²) in [5.74, 6) is -0.156. The number of hydrogen-bond acceptors (Lipinski definition) is 9. The van der Waals surface area contributed by atoms with E-state index in [1.807, 2.05) is 0 Å². The lowest BCUT2D eigenvalue weighted by atomic mass is 10.0. The van der Waals surface area contributed by atoms with Crippen LogP contribution in [0.1, 0.15) is 21.7 Å². The first-order valence-corrected chi connectivity index (χ1v) is 8.19. The molecule has 0 aromatic carbocycles. The lowest BCUT2D eigenvalue weighted by Gasteiger charge is -2.36. The van der Waals surface area contributed by atoms with Crippen molar-refractivity contribution in [1.29, 1.82) is 0 Å². The number of anilines is 1. The summed E-state index contributed by atoms with van der Waals surface area (Å²) in [4.78, 5) is 20.8. The fraction of sp³-hybridized carbons (Fsp3) is 0.400. The fourth-order valence-corrected chi connectivity index (χ4v) is 3.25. The van der Waals surface area contributed by atoms with E-state index in [-0.39, 0.29) is 12.2 Å². The molecule has 3 heterocycles. The SMILES string of the molecule is O=C(c1ccncc1)c1cnc(N[C@@H]2C[C@@H](O)C(O)C(CO)O2)s1. The zero-order chi connectivity index (χ0) is 17.1. The first-order chi connectivity index (χ1) is 11.6. The third kappa shape index (κ3) is 3.60. The Labute approximate surface area is 141 Å². The van der Waals surface area contributed by atoms with Crippen molar-refractivity contribution in [2.45, 2.75) is 31.0 Å². The standard InChI is InChI=1S/C15H17N3O5S/c19-7-10-14(22)9(20)5-12(23-10)18-15-17-6-11(24-15)13(21)8-1-3-16-4-2-8/h1-4,6,9-10,12,14,19-20,22H,5,7H2,(H,17,18)/t9-,10?,12+,14?/m1/s1. The highest BCUT2D eigenvalue weighted by Gasteiger charge is 2.36. The van der Waals surface area contributed by atoms with Crippen molar-refractivity contribution in [3.8, 4) is 0 Å². The average molecular weight is 351 g/mol. The highest BCUT2D eigenvalue weighted by molar-refractivity contribution is 7.17. The molecule has 0 amide bonds. The van der Waals surface area contributed by atoms with Crippen LogP contribution in [0.4, 0.5) is 5.13 Å². The molecule has 1 aliphatic rings. The third-order valence-corrected chi connectivity index (χ3v) is 4.63. The second kappa shape index (κ2) is 7.32. The van der Waals surface area contributed by atoms with Crippen molar-refractivity contribution in [3.63, 3.8) is 0 Å². The van der Waals surface area contributed by atoms with E-state index in [9.17, 15) is 20.1 Å². The number of thiazole rings is 1. The van der Waals surface area contributed by atoms with Crippen LogP contribution in [0.25, 0.3) is 0 Å². The number of nitrogens with one attached hydrogen (secondary N) is 1. The van der Waals surface area contributed by atoms with Crippen LogP contribution in [0.3, 0.4) is 0 Å². The molecule has 4 N–H and O–H groups in total. The maximum absolute atomic E-state index is 12.3. The summed E-state index contributed by atoms with van der Waals surface area (Å²) in [6.07, 6.45) is 1.08. The van der Waals surface area contributed by atoms with Gasteiger partial charge in [-0.25, -0.2) is 4.98 Å². The number of ketones is 1. The molecular weight excluding hydrogens is 334 g/mol. The second-order valence-electron chi connectivity index (χ2n) is 5.38. The van der Waals surface area contributed by atoms with E-state index < -0.39 is 31.1 Å². The van der Waals surface area contributed by atoms with Gasteiger partial charge in [-0.2, -0.15) is 0 Å². The minimum absolute atomic E-state index is 0.144. The average Bonchev–Trinajstić information content (AvgIpc) is 3.06. The van der Waals surface area contributed by atoms with Crippen molar-refractivity contribution >= 4 is 22.3 Å². The number of hydrogen-bond donors (Lipinski definition) is 4. The van der Waals surface area contributed by atoms with E-state index in [1.54, 1.807) is 24.5 Å². The van der Waals surface area contributed by atoms with E-state index in [1.165, 1.54) is 6.20 Å².